The lowest BCUT2D eigenvalue weighted by Crippen LogP contribution is -2.41. The van der Waals surface area contributed by atoms with E-state index in [0.29, 0.717) is 5.46 Å². The monoisotopic (exact) mass is 309 g/mol. The Bertz CT molecular complexity index is 575. The average molecular weight is 309 g/mol. The van der Waals surface area contributed by atoms with Gasteiger partial charge in [0.2, 0.25) is 0 Å². The summed E-state index contributed by atoms with van der Waals surface area (Å²) in [5.41, 5.74) is -0.138. The Kier molecular flexibility index (Phi) is 4.23. The van der Waals surface area contributed by atoms with E-state index >= 15 is 0 Å². The number of halogens is 1. The summed E-state index contributed by atoms with van der Waals surface area (Å²) in [5, 5.41) is 10.9. The Balaban J connectivity index is 2.22. The van der Waals surface area contributed by atoms with Crippen molar-refractivity contribution in [2.75, 3.05) is 0 Å². The van der Waals surface area contributed by atoms with E-state index in [-0.39, 0.29) is 5.56 Å². The van der Waals surface area contributed by atoms with Crippen molar-refractivity contribution in [1.82, 2.24) is 5.32 Å². The van der Waals surface area contributed by atoms with Crippen LogP contribution in [0.25, 0.3) is 0 Å². The first-order valence-electron chi connectivity index (χ1n) is 7.18. The van der Waals surface area contributed by atoms with Crippen LogP contribution in [0.2, 0.25) is 0 Å². The minimum Gasteiger partial charge on any atom is -0.465 e. The van der Waals surface area contributed by atoms with Crippen LogP contribution < -0.4 is 10.8 Å². The van der Waals surface area contributed by atoms with E-state index in [1.165, 1.54) is 6.07 Å². The van der Waals surface area contributed by atoms with Gasteiger partial charge in [-0.3, -0.25) is 0 Å². The Labute approximate surface area is 130 Å². The second-order valence-corrected chi connectivity index (χ2v) is 6.54. The van der Waals surface area contributed by atoms with Gasteiger partial charge in [-0.1, -0.05) is 12.1 Å². The quantitative estimate of drug-likeness (QED) is 0.842. The predicted octanol–water partition coefficient (Wildman–Crippen LogP) is 2.45. The van der Waals surface area contributed by atoms with E-state index in [1.54, 1.807) is 19.1 Å². The minimum atomic E-state index is -1.19. The number of hydrogen-bond donors (Lipinski definition) is 2. The Morgan fingerprint density at radius 1 is 1.27 bits per heavy atom. The molecular weight excluding hydrogens is 288 g/mol. The van der Waals surface area contributed by atoms with E-state index in [1.807, 2.05) is 27.7 Å². The van der Waals surface area contributed by atoms with Crippen molar-refractivity contribution in [3.05, 3.63) is 29.6 Å². The third-order valence-corrected chi connectivity index (χ3v) is 4.36. The fourth-order valence-corrected chi connectivity index (χ4v) is 2.28. The lowest BCUT2D eigenvalue weighted by atomic mass is 9.78. The number of carboxylic acid groups (broad SMARTS) is 1. The highest BCUT2D eigenvalue weighted by Crippen LogP contribution is 2.36. The Morgan fingerprint density at radius 3 is 2.27 bits per heavy atom. The summed E-state index contributed by atoms with van der Waals surface area (Å²) in [6.45, 7) is 9.29. The molecule has 1 aromatic rings. The molecule has 0 aromatic heterocycles. The molecule has 22 heavy (non-hydrogen) atoms. The minimum absolute atomic E-state index is 0.280. The normalized spacial score (nSPS) is 20.7. The second kappa shape index (κ2) is 5.55. The third-order valence-electron chi connectivity index (χ3n) is 4.36. The molecule has 0 spiro atoms. The van der Waals surface area contributed by atoms with Gasteiger partial charge in [0.25, 0.3) is 0 Å². The largest absolute Gasteiger partial charge is 0.494 e. The van der Waals surface area contributed by atoms with Gasteiger partial charge >= 0.3 is 13.2 Å². The molecule has 1 aliphatic heterocycles. The first-order valence-corrected chi connectivity index (χ1v) is 7.18. The summed E-state index contributed by atoms with van der Waals surface area (Å²) in [6, 6.07) is 3.94. The van der Waals surface area contributed by atoms with Crippen LogP contribution >= 0.6 is 0 Å². The van der Waals surface area contributed by atoms with Crippen LogP contribution in [-0.2, 0) is 9.31 Å². The van der Waals surface area contributed by atoms with Crippen molar-refractivity contribution in [3.8, 4) is 0 Å². The summed E-state index contributed by atoms with van der Waals surface area (Å²) in [4.78, 5) is 10.6. The van der Waals surface area contributed by atoms with Gasteiger partial charge in [0.05, 0.1) is 17.2 Å². The van der Waals surface area contributed by atoms with Gasteiger partial charge in [0.15, 0.2) is 0 Å². The molecule has 0 aliphatic carbocycles. The molecule has 0 saturated carbocycles. The highest BCUT2D eigenvalue weighted by atomic mass is 19.1. The standard InChI is InChI=1S/C15H21BFNO4/c1-9(18-13(19)20)11-7-6-10(8-12(11)17)16-21-14(2,3)15(4,5)22-16/h6-9,18H,1-5H3,(H,19,20). The first kappa shape index (κ1) is 16.8. The second-order valence-electron chi connectivity index (χ2n) is 6.54. The molecule has 1 atom stereocenters. The fraction of sp³-hybridized carbons (Fsp3) is 0.533. The SMILES string of the molecule is CC(NC(=O)O)c1ccc(B2OC(C)(C)C(C)(C)O2)cc1F. The smallest absolute Gasteiger partial charge is 0.465 e. The molecule has 2 N–H and O–H groups in total. The molecule has 1 unspecified atom stereocenters. The summed E-state index contributed by atoms with van der Waals surface area (Å²) in [6.07, 6.45) is -1.19. The van der Waals surface area contributed by atoms with E-state index in [4.69, 9.17) is 14.4 Å². The van der Waals surface area contributed by atoms with Crippen molar-refractivity contribution in [1.29, 1.82) is 0 Å². The molecule has 120 valence electrons. The maximum Gasteiger partial charge on any atom is 0.494 e. The highest BCUT2D eigenvalue weighted by molar-refractivity contribution is 6.62. The summed E-state index contributed by atoms with van der Waals surface area (Å²) >= 11 is 0. The van der Waals surface area contributed by atoms with E-state index in [9.17, 15) is 9.18 Å². The van der Waals surface area contributed by atoms with Gasteiger partial charge in [-0.2, -0.15) is 0 Å². The molecular formula is C15H21BFNO4. The van der Waals surface area contributed by atoms with E-state index in [2.05, 4.69) is 5.32 Å². The number of carbonyl (C=O) groups is 1. The van der Waals surface area contributed by atoms with Crippen LogP contribution in [0.3, 0.4) is 0 Å². The summed E-state index contributed by atoms with van der Waals surface area (Å²) < 4.78 is 26.0. The molecule has 1 aliphatic rings. The molecule has 0 radical (unpaired) electrons. The van der Waals surface area contributed by atoms with Crippen LogP contribution in [0.15, 0.2) is 18.2 Å². The number of hydrogen-bond acceptors (Lipinski definition) is 3. The summed E-state index contributed by atoms with van der Waals surface area (Å²) in [5.74, 6) is -0.492. The van der Waals surface area contributed by atoms with Crippen molar-refractivity contribution < 1.29 is 23.6 Å². The predicted molar refractivity (Wildman–Crippen MR) is 81.7 cm³/mol. The van der Waals surface area contributed by atoms with Crippen molar-refractivity contribution in [2.24, 2.45) is 0 Å². The molecule has 0 bridgehead atoms. The van der Waals surface area contributed by atoms with Gasteiger partial charge in [-0.25, -0.2) is 9.18 Å². The maximum absolute atomic E-state index is 14.2. The highest BCUT2D eigenvalue weighted by Gasteiger charge is 2.51. The topological polar surface area (TPSA) is 67.8 Å². The number of benzene rings is 1. The van der Waals surface area contributed by atoms with Gasteiger partial charge in [0.1, 0.15) is 5.82 Å². The van der Waals surface area contributed by atoms with Gasteiger partial charge in [0, 0.05) is 5.56 Å². The molecule has 7 heteroatoms. The Morgan fingerprint density at radius 2 is 1.82 bits per heavy atom. The van der Waals surface area contributed by atoms with Gasteiger partial charge < -0.3 is 19.7 Å². The first-order chi connectivity index (χ1) is 10.0. The zero-order valence-corrected chi connectivity index (χ0v) is 13.4. The molecule has 5 nitrogen and oxygen atoms in total. The fourth-order valence-electron chi connectivity index (χ4n) is 2.28. The van der Waals surface area contributed by atoms with Crippen molar-refractivity contribution in [2.45, 2.75) is 51.9 Å². The van der Waals surface area contributed by atoms with Crippen LogP contribution in [0, 0.1) is 5.82 Å². The summed E-state index contributed by atoms with van der Waals surface area (Å²) in [7, 11) is -0.642. The molecule has 1 amide bonds. The van der Waals surface area contributed by atoms with Crippen molar-refractivity contribution >= 4 is 18.7 Å². The molecule has 1 heterocycles. The van der Waals surface area contributed by atoms with E-state index in [0.717, 1.165) is 0 Å². The lowest BCUT2D eigenvalue weighted by molar-refractivity contribution is 0.00578. The van der Waals surface area contributed by atoms with Gasteiger partial charge in [-0.05, 0) is 46.1 Å². The molecule has 1 fully saturated rings. The van der Waals surface area contributed by atoms with Crippen LogP contribution in [0.5, 0.6) is 0 Å². The number of amides is 1. The average Bonchev–Trinajstić information content (AvgIpc) is 2.57. The van der Waals surface area contributed by atoms with Crippen LogP contribution in [0.1, 0.15) is 46.2 Å². The van der Waals surface area contributed by atoms with E-state index < -0.39 is 36.3 Å². The molecule has 1 aromatic carbocycles. The zero-order valence-electron chi connectivity index (χ0n) is 13.4. The Hall–Kier alpha value is -1.60. The molecule has 1 saturated heterocycles. The van der Waals surface area contributed by atoms with Gasteiger partial charge in [-0.15, -0.1) is 0 Å². The van der Waals surface area contributed by atoms with Crippen LogP contribution in [0.4, 0.5) is 9.18 Å². The molecule has 2 rings (SSSR count). The number of rotatable bonds is 3. The van der Waals surface area contributed by atoms with Crippen molar-refractivity contribution in [3.63, 3.8) is 0 Å². The lowest BCUT2D eigenvalue weighted by Gasteiger charge is -2.32. The number of nitrogens with one attached hydrogen (secondary N) is 1. The maximum atomic E-state index is 14.2. The zero-order chi connectivity index (χ0) is 16.7. The van der Waals surface area contributed by atoms with Crippen LogP contribution in [-0.4, -0.2) is 29.5 Å². The third kappa shape index (κ3) is 3.10.